The third-order valence-electron chi connectivity index (χ3n) is 3.68. The highest BCUT2D eigenvalue weighted by atomic mass is 32.1. The van der Waals surface area contributed by atoms with E-state index < -0.39 is 0 Å². The van der Waals surface area contributed by atoms with Crippen LogP contribution in [0.3, 0.4) is 0 Å². The number of nitrogens with zero attached hydrogens (tertiary/aromatic N) is 1. The van der Waals surface area contributed by atoms with Gasteiger partial charge < -0.3 is 5.32 Å². The van der Waals surface area contributed by atoms with Crippen molar-refractivity contribution in [2.24, 2.45) is 5.92 Å². The van der Waals surface area contributed by atoms with Gasteiger partial charge in [-0.25, -0.2) is 0 Å². The Hall–Kier alpha value is -0.380. The standard InChI is InChI=1S/C14H24N2S/c1-4-15-9-13(11(2)3)16-7-5-14-12(10-16)6-8-17-14/h6,8,11,13,15H,4-5,7,9-10H2,1-3H3. The summed E-state index contributed by atoms with van der Waals surface area (Å²) in [7, 11) is 0. The van der Waals surface area contributed by atoms with E-state index in [1.807, 2.05) is 11.3 Å². The molecule has 1 unspecified atom stereocenters. The maximum absolute atomic E-state index is 3.51. The molecule has 17 heavy (non-hydrogen) atoms. The lowest BCUT2D eigenvalue weighted by Crippen LogP contribution is -2.47. The highest BCUT2D eigenvalue weighted by Gasteiger charge is 2.25. The first-order chi connectivity index (χ1) is 8.22. The minimum atomic E-state index is 0.669. The van der Waals surface area contributed by atoms with Gasteiger partial charge in [-0.2, -0.15) is 0 Å². The number of nitrogens with one attached hydrogen (secondary N) is 1. The van der Waals surface area contributed by atoms with Crippen LogP contribution in [0.5, 0.6) is 0 Å². The maximum atomic E-state index is 3.51. The zero-order valence-corrected chi connectivity index (χ0v) is 12.0. The highest BCUT2D eigenvalue weighted by molar-refractivity contribution is 7.10. The Kier molecular flexibility index (Phi) is 4.60. The topological polar surface area (TPSA) is 15.3 Å². The second kappa shape index (κ2) is 5.98. The zero-order chi connectivity index (χ0) is 12.3. The largest absolute Gasteiger partial charge is 0.315 e. The predicted octanol–water partition coefficient (Wildman–Crippen LogP) is 2.74. The quantitative estimate of drug-likeness (QED) is 0.867. The van der Waals surface area contributed by atoms with Crippen molar-refractivity contribution in [3.05, 3.63) is 21.9 Å². The number of rotatable bonds is 5. The summed E-state index contributed by atoms with van der Waals surface area (Å²) in [5.74, 6) is 0.717. The first-order valence-electron chi connectivity index (χ1n) is 6.72. The lowest BCUT2D eigenvalue weighted by atomic mass is 9.99. The third kappa shape index (κ3) is 3.09. The van der Waals surface area contributed by atoms with E-state index in [1.54, 1.807) is 10.4 Å². The molecule has 0 aliphatic carbocycles. The monoisotopic (exact) mass is 252 g/mol. The number of thiophene rings is 1. The van der Waals surface area contributed by atoms with Gasteiger partial charge in [-0.05, 0) is 35.9 Å². The lowest BCUT2D eigenvalue weighted by molar-refractivity contribution is 0.138. The van der Waals surface area contributed by atoms with Gasteiger partial charge in [0.15, 0.2) is 0 Å². The second-order valence-electron chi connectivity index (χ2n) is 5.21. The Morgan fingerprint density at radius 2 is 2.29 bits per heavy atom. The van der Waals surface area contributed by atoms with Gasteiger partial charge in [0.25, 0.3) is 0 Å². The summed E-state index contributed by atoms with van der Waals surface area (Å²) < 4.78 is 0. The molecule has 1 aliphatic heterocycles. The first-order valence-corrected chi connectivity index (χ1v) is 7.60. The van der Waals surface area contributed by atoms with E-state index in [9.17, 15) is 0 Å². The van der Waals surface area contributed by atoms with E-state index >= 15 is 0 Å². The van der Waals surface area contributed by atoms with Crippen LogP contribution in [-0.4, -0.2) is 30.6 Å². The number of hydrogen-bond acceptors (Lipinski definition) is 3. The fourth-order valence-electron chi connectivity index (χ4n) is 2.63. The number of likely N-dealkylation sites (N-methyl/N-ethyl adjacent to an activating group) is 1. The smallest absolute Gasteiger partial charge is 0.0248 e. The van der Waals surface area contributed by atoms with Crippen molar-refractivity contribution in [1.29, 1.82) is 0 Å². The molecular weight excluding hydrogens is 228 g/mol. The van der Waals surface area contributed by atoms with Crippen molar-refractivity contribution in [2.45, 2.75) is 39.8 Å². The Bertz CT molecular complexity index is 346. The van der Waals surface area contributed by atoms with E-state index in [1.165, 1.54) is 13.0 Å². The molecule has 0 radical (unpaired) electrons. The number of fused-ring (bicyclic) bond motifs is 1. The molecule has 2 rings (SSSR count). The van der Waals surface area contributed by atoms with Gasteiger partial charge in [0, 0.05) is 30.6 Å². The number of hydrogen-bond donors (Lipinski definition) is 1. The molecule has 96 valence electrons. The second-order valence-corrected chi connectivity index (χ2v) is 6.21. The fourth-order valence-corrected chi connectivity index (χ4v) is 3.52. The van der Waals surface area contributed by atoms with Gasteiger partial charge in [0.1, 0.15) is 0 Å². The molecule has 2 nitrogen and oxygen atoms in total. The minimum absolute atomic E-state index is 0.669. The van der Waals surface area contributed by atoms with Crippen LogP contribution < -0.4 is 5.32 Å². The van der Waals surface area contributed by atoms with Crippen LogP contribution in [0.4, 0.5) is 0 Å². The normalized spacial score (nSPS) is 18.4. The minimum Gasteiger partial charge on any atom is -0.315 e. The van der Waals surface area contributed by atoms with Gasteiger partial charge in [-0.15, -0.1) is 11.3 Å². The Labute approximate surface area is 109 Å². The molecule has 1 atom stereocenters. The molecule has 0 spiro atoms. The predicted molar refractivity (Wildman–Crippen MR) is 75.6 cm³/mol. The van der Waals surface area contributed by atoms with E-state index in [2.05, 4.69) is 42.4 Å². The molecule has 0 amide bonds. The molecule has 2 heterocycles. The van der Waals surface area contributed by atoms with E-state index in [0.29, 0.717) is 12.0 Å². The van der Waals surface area contributed by atoms with Crippen LogP contribution in [0, 0.1) is 5.92 Å². The SMILES string of the molecule is CCNCC(C(C)C)N1CCc2sccc2C1. The summed E-state index contributed by atoms with van der Waals surface area (Å²) in [6.07, 6.45) is 1.24. The fraction of sp³-hybridized carbons (Fsp3) is 0.714. The van der Waals surface area contributed by atoms with E-state index in [-0.39, 0.29) is 0 Å². The molecule has 0 fully saturated rings. The maximum Gasteiger partial charge on any atom is 0.0248 e. The Balaban J connectivity index is 2.01. The Morgan fingerprint density at radius 3 is 3.00 bits per heavy atom. The summed E-state index contributed by atoms with van der Waals surface area (Å²) >= 11 is 1.92. The summed E-state index contributed by atoms with van der Waals surface area (Å²) in [5, 5.41) is 5.74. The molecule has 1 aromatic rings. The average Bonchev–Trinajstić information content (AvgIpc) is 2.76. The van der Waals surface area contributed by atoms with Crippen LogP contribution >= 0.6 is 11.3 Å². The van der Waals surface area contributed by atoms with Gasteiger partial charge in [-0.3, -0.25) is 4.90 Å². The summed E-state index contributed by atoms with van der Waals surface area (Å²) in [4.78, 5) is 4.26. The molecule has 1 aromatic heterocycles. The van der Waals surface area contributed by atoms with Crippen molar-refractivity contribution in [3.63, 3.8) is 0 Å². The van der Waals surface area contributed by atoms with Crippen LogP contribution in [0.15, 0.2) is 11.4 Å². The van der Waals surface area contributed by atoms with Crippen LogP contribution in [0.1, 0.15) is 31.2 Å². The summed E-state index contributed by atoms with van der Waals surface area (Å²) in [5.41, 5.74) is 1.56. The van der Waals surface area contributed by atoms with E-state index in [4.69, 9.17) is 0 Å². The average molecular weight is 252 g/mol. The van der Waals surface area contributed by atoms with Crippen molar-refractivity contribution < 1.29 is 0 Å². The van der Waals surface area contributed by atoms with Gasteiger partial charge in [-0.1, -0.05) is 20.8 Å². The summed E-state index contributed by atoms with van der Waals surface area (Å²) in [6, 6.07) is 2.97. The molecule has 0 aromatic carbocycles. The third-order valence-corrected chi connectivity index (χ3v) is 4.70. The van der Waals surface area contributed by atoms with Crippen LogP contribution in [0.2, 0.25) is 0 Å². The molecule has 0 saturated heterocycles. The van der Waals surface area contributed by atoms with E-state index in [0.717, 1.165) is 19.6 Å². The van der Waals surface area contributed by atoms with Crippen molar-refractivity contribution in [1.82, 2.24) is 10.2 Å². The summed E-state index contributed by atoms with van der Waals surface area (Å²) in [6.45, 7) is 11.4. The van der Waals surface area contributed by atoms with Crippen molar-refractivity contribution in [2.75, 3.05) is 19.6 Å². The van der Waals surface area contributed by atoms with Gasteiger partial charge >= 0.3 is 0 Å². The molecule has 0 saturated carbocycles. The molecule has 1 aliphatic rings. The van der Waals surface area contributed by atoms with Crippen molar-refractivity contribution >= 4 is 11.3 Å². The lowest BCUT2D eigenvalue weighted by Gasteiger charge is -2.37. The van der Waals surface area contributed by atoms with Crippen LogP contribution in [0.25, 0.3) is 0 Å². The molecule has 1 N–H and O–H groups in total. The molecule has 0 bridgehead atoms. The molecular formula is C14H24N2S. The van der Waals surface area contributed by atoms with Crippen LogP contribution in [-0.2, 0) is 13.0 Å². The van der Waals surface area contributed by atoms with Gasteiger partial charge in [0.05, 0.1) is 0 Å². The van der Waals surface area contributed by atoms with Crippen molar-refractivity contribution in [3.8, 4) is 0 Å². The Morgan fingerprint density at radius 1 is 1.47 bits per heavy atom. The first kappa shape index (κ1) is 13.1. The molecule has 3 heteroatoms. The zero-order valence-electron chi connectivity index (χ0n) is 11.2. The van der Waals surface area contributed by atoms with Gasteiger partial charge in [0.2, 0.25) is 0 Å². The highest BCUT2D eigenvalue weighted by Crippen LogP contribution is 2.26.